The molecule has 0 saturated carbocycles. The smallest absolute Gasteiger partial charge is 0.327 e. The second kappa shape index (κ2) is 7.16. The highest BCUT2D eigenvalue weighted by atomic mass is 16.5. The van der Waals surface area contributed by atoms with Crippen LogP contribution in [0.25, 0.3) is 0 Å². The summed E-state index contributed by atoms with van der Waals surface area (Å²) < 4.78 is 6.94. The predicted molar refractivity (Wildman–Crippen MR) is 70.2 cm³/mol. The van der Waals surface area contributed by atoms with Gasteiger partial charge in [-0.15, -0.1) is 0 Å². The topological polar surface area (TPSA) is 56.2 Å². The maximum atomic E-state index is 11.9. The van der Waals surface area contributed by atoms with Gasteiger partial charge in [0.15, 0.2) is 0 Å². The Hall–Kier alpha value is -1.36. The molecule has 0 fully saturated rings. The van der Waals surface area contributed by atoms with Crippen molar-refractivity contribution in [2.45, 2.75) is 52.7 Å². The van der Waals surface area contributed by atoms with Gasteiger partial charge < -0.3 is 4.74 Å². The number of rotatable bonds is 7. The third-order valence-electron chi connectivity index (χ3n) is 2.46. The van der Waals surface area contributed by atoms with Gasteiger partial charge >= 0.3 is 5.97 Å². The number of hydrogen-bond donors (Lipinski definition) is 1. The van der Waals surface area contributed by atoms with E-state index in [0.717, 1.165) is 18.5 Å². The number of aromatic nitrogens is 2. The third kappa shape index (κ3) is 4.14. The maximum absolute atomic E-state index is 11.9. The van der Waals surface area contributed by atoms with Crippen molar-refractivity contribution in [2.75, 3.05) is 6.61 Å². The first kappa shape index (κ1) is 14.7. The Bertz CT molecular complexity index is 374. The largest absolute Gasteiger partial charge is 0.465 e. The van der Waals surface area contributed by atoms with Crippen LogP contribution in [0.1, 0.15) is 45.7 Å². The van der Waals surface area contributed by atoms with Gasteiger partial charge in [-0.3, -0.25) is 10.00 Å². The molecule has 0 aliphatic carbocycles. The summed E-state index contributed by atoms with van der Waals surface area (Å²) in [6.45, 7) is 9.15. The fourth-order valence-corrected chi connectivity index (χ4v) is 1.74. The van der Waals surface area contributed by atoms with Crippen molar-refractivity contribution in [1.82, 2.24) is 15.1 Å². The highest BCUT2D eigenvalue weighted by Crippen LogP contribution is 2.15. The van der Waals surface area contributed by atoms with Crippen LogP contribution in [0.5, 0.6) is 0 Å². The normalized spacial score (nSPS) is 12.7. The van der Waals surface area contributed by atoms with Gasteiger partial charge in [-0.05, 0) is 27.2 Å². The summed E-state index contributed by atoms with van der Waals surface area (Å²) in [5, 5.41) is 7.45. The summed E-state index contributed by atoms with van der Waals surface area (Å²) >= 11 is 0. The Morgan fingerprint density at radius 1 is 1.50 bits per heavy atom. The molecule has 5 heteroatoms. The van der Waals surface area contributed by atoms with Crippen LogP contribution in [0.2, 0.25) is 0 Å². The molecule has 0 amide bonds. The lowest BCUT2D eigenvalue weighted by atomic mass is 10.1. The van der Waals surface area contributed by atoms with Gasteiger partial charge in [-0.2, -0.15) is 5.10 Å². The van der Waals surface area contributed by atoms with Crippen molar-refractivity contribution in [1.29, 1.82) is 0 Å². The van der Waals surface area contributed by atoms with E-state index in [2.05, 4.69) is 17.3 Å². The Balaban J connectivity index is 2.83. The van der Waals surface area contributed by atoms with Gasteiger partial charge in [-0.25, -0.2) is 4.79 Å². The number of esters is 1. The molecule has 1 unspecified atom stereocenters. The van der Waals surface area contributed by atoms with Crippen molar-refractivity contribution in [3.05, 3.63) is 18.0 Å². The molecule has 0 aliphatic rings. The second-order valence-electron chi connectivity index (χ2n) is 4.54. The lowest BCUT2D eigenvalue weighted by molar-refractivity contribution is -0.146. The number of hydrogen-bond acceptors (Lipinski definition) is 4. The van der Waals surface area contributed by atoms with Gasteiger partial charge in [0.25, 0.3) is 0 Å². The molecule has 5 nitrogen and oxygen atoms in total. The highest BCUT2D eigenvalue weighted by molar-refractivity contribution is 5.77. The van der Waals surface area contributed by atoms with Crippen molar-refractivity contribution >= 4 is 5.97 Å². The molecular weight excluding hydrogens is 230 g/mol. The van der Waals surface area contributed by atoms with Crippen LogP contribution < -0.4 is 5.32 Å². The molecule has 0 spiro atoms. The molecule has 0 saturated heterocycles. The molecule has 1 aromatic heterocycles. The number of aryl methyl sites for hydroxylation is 1. The number of carbonyl (C=O) groups is 1. The van der Waals surface area contributed by atoms with E-state index in [-0.39, 0.29) is 12.0 Å². The molecule has 0 bridgehead atoms. The van der Waals surface area contributed by atoms with E-state index in [0.29, 0.717) is 6.61 Å². The van der Waals surface area contributed by atoms with Gasteiger partial charge in [-0.1, -0.05) is 6.92 Å². The molecule has 0 radical (unpaired) electrons. The van der Waals surface area contributed by atoms with Crippen LogP contribution in [0.15, 0.2) is 12.4 Å². The van der Waals surface area contributed by atoms with Crippen LogP contribution in [0.3, 0.4) is 0 Å². The van der Waals surface area contributed by atoms with Gasteiger partial charge in [0.2, 0.25) is 0 Å². The molecule has 1 heterocycles. The van der Waals surface area contributed by atoms with Crippen LogP contribution in [0, 0.1) is 0 Å². The SMILES string of the molecule is CCCn1cc(C(NC(C)C)C(=O)OCC)cn1. The summed E-state index contributed by atoms with van der Waals surface area (Å²) in [5.74, 6) is -0.248. The Labute approximate surface area is 109 Å². The minimum absolute atomic E-state index is 0.203. The van der Waals surface area contributed by atoms with Crippen LogP contribution >= 0.6 is 0 Å². The van der Waals surface area contributed by atoms with E-state index in [1.807, 2.05) is 31.6 Å². The van der Waals surface area contributed by atoms with Gasteiger partial charge in [0, 0.05) is 24.3 Å². The fraction of sp³-hybridized carbons (Fsp3) is 0.692. The highest BCUT2D eigenvalue weighted by Gasteiger charge is 2.23. The van der Waals surface area contributed by atoms with E-state index in [1.54, 1.807) is 6.20 Å². The van der Waals surface area contributed by atoms with E-state index < -0.39 is 6.04 Å². The van der Waals surface area contributed by atoms with Gasteiger partial charge in [0.05, 0.1) is 12.8 Å². The maximum Gasteiger partial charge on any atom is 0.327 e. The fourth-order valence-electron chi connectivity index (χ4n) is 1.74. The molecule has 1 rings (SSSR count). The summed E-state index contributed by atoms with van der Waals surface area (Å²) in [5.41, 5.74) is 0.857. The van der Waals surface area contributed by atoms with Crippen LogP contribution in [-0.4, -0.2) is 28.4 Å². The molecule has 102 valence electrons. The number of carbonyl (C=O) groups excluding carboxylic acids is 1. The van der Waals surface area contributed by atoms with Crippen molar-refractivity contribution in [3.63, 3.8) is 0 Å². The van der Waals surface area contributed by atoms with E-state index in [9.17, 15) is 4.79 Å². The molecule has 1 aromatic rings. The first-order valence-corrected chi connectivity index (χ1v) is 6.53. The van der Waals surface area contributed by atoms with E-state index in [1.165, 1.54) is 0 Å². The minimum Gasteiger partial charge on any atom is -0.465 e. The summed E-state index contributed by atoms with van der Waals surface area (Å²) in [7, 11) is 0. The number of nitrogens with one attached hydrogen (secondary N) is 1. The van der Waals surface area contributed by atoms with Crippen molar-refractivity contribution < 1.29 is 9.53 Å². The summed E-state index contributed by atoms with van der Waals surface area (Å²) in [6.07, 6.45) is 4.65. The first-order chi connectivity index (χ1) is 8.58. The molecule has 1 atom stereocenters. The zero-order chi connectivity index (χ0) is 13.5. The quantitative estimate of drug-likeness (QED) is 0.754. The lowest BCUT2D eigenvalue weighted by Gasteiger charge is -2.18. The van der Waals surface area contributed by atoms with Gasteiger partial charge in [0.1, 0.15) is 6.04 Å². The predicted octanol–water partition coefficient (Wildman–Crippen LogP) is 1.90. The minimum atomic E-state index is -0.435. The van der Waals surface area contributed by atoms with E-state index in [4.69, 9.17) is 4.74 Å². The monoisotopic (exact) mass is 253 g/mol. The average Bonchev–Trinajstić information content (AvgIpc) is 2.75. The number of nitrogens with zero attached hydrogens (tertiary/aromatic N) is 2. The molecular formula is C13H23N3O2. The van der Waals surface area contributed by atoms with Crippen LogP contribution in [-0.2, 0) is 16.1 Å². The molecule has 0 aromatic carbocycles. The Morgan fingerprint density at radius 2 is 2.22 bits per heavy atom. The second-order valence-corrected chi connectivity index (χ2v) is 4.54. The Morgan fingerprint density at radius 3 is 2.78 bits per heavy atom. The summed E-state index contributed by atoms with van der Waals surface area (Å²) in [4.78, 5) is 11.9. The summed E-state index contributed by atoms with van der Waals surface area (Å²) in [6, 6.07) is -0.232. The molecule has 18 heavy (non-hydrogen) atoms. The average molecular weight is 253 g/mol. The van der Waals surface area contributed by atoms with Crippen molar-refractivity contribution in [3.8, 4) is 0 Å². The first-order valence-electron chi connectivity index (χ1n) is 6.53. The van der Waals surface area contributed by atoms with Crippen LogP contribution in [0.4, 0.5) is 0 Å². The third-order valence-corrected chi connectivity index (χ3v) is 2.46. The van der Waals surface area contributed by atoms with E-state index >= 15 is 0 Å². The standard InChI is InChI=1S/C13H23N3O2/c1-5-7-16-9-11(8-14-16)12(15-10(3)4)13(17)18-6-2/h8-10,12,15H,5-7H2,1-4H3. The number of ether oxygens (including phenoxy) is 1. The lowest BCUT2D eigenvalue weighted by Crippen LogP contribution is -2.34. The molecule has 0 aliphatic heterocycles. The Kier molecular flexibility index (Phi) is 5.85. The molecule has 1 N–H and O–H groups in total. The zero-order valence-corrected chi connectivity index (χ0v) is 11.6. The van der Waals surface area contributed by atoms with Crippen molar-refractivity contribution in [2.24, 2.45) is 0 Å². The zero-order valence-electron chi connectivity index (χ0n) is 11.6.